The zero-order valence-electron chi connectivity index (χ0n) is 16.3. The highest BCUT2D eigenvalue weighted by Crippen LogP contribution is 2.29. The summed E-state index contributed by atoms with van der Waals surface area (Å²) in [6.45, 7) is 10.2. The Kier molecular flexibility index (Phi) is 6.19. The molecule has 138 valence electrons. The molecule has 0 aliphatic rings. The summed E-state index contributed by atoms with van der Waals surface area (Å²) in [6, 6.07) is 15.6. The molecule has 0 aromatic heterocycles. The van der Waals surface area contributed by atoms with Gasteiger partial charge in [0.05, 0.1) is 0 Å². The zero-order chi connectivity index (χ0) is 19.3. The van der Waals surface area contributed by atoms with Crippen LogP contribution in [0.1, 0.15) is 45.2 Å². The van der Waals surface area contributed by atoms with Gasteiger partial charge in [0, 0.05) is 31.3 Å². The molecular formula is C22H28N2O2. The molecule has 0 radical (unpaired) electrons. The minimum absolute atomic E-state index is 0.0591. The van der Waals surface area contributed by atoms with E-state index in [0.717, 1.165) is 22.5 Å². The van der Waals surface area contributed by atoms with Crippen molar-refractivity contribution in [1.82, 2.24) is 0 Å². The van der Waals surface area contributed by atoms with Gasteiger partial charge in [0.25, 0.3) is 0 Å². The third-order valence-corrected chi connectivity index (χ3v) is 4.36. The van der Waals surface area contributed by atoms with Crippen molar-refractivity contribution in [2.45, 2.75) is 46.5 Å². The van der Waals surface area contributed by atoms with E-state index in [0.29, 0.717) is 6.54 Å². The van der Waals surface area contributed by atoms with Crippen LogP contribution in [-0.4, -0.2) is 18.4 Å². The van der Waals surface area contributed by atoms with Crippen LogP contribution in [0.3, 0.4) is 0 Å². The van der Waals surface area contributed by atoms with Gasteiger partial charge in [0.2, 0.25) is 11.8 Å². The highest BCUT2D eigenvalue weighted by molar-refractivity contribution is 5.95. The lowest BCUT2D eigenvalue weighted by atomic mass is 9.86. The summed E-state index contributed by atoms with van der Waals surface area (Å²) in [5.41, 5.74) is 3.73. The number of nitrogens with one attached hydrogen (secondary N) is 1. The van der Waals surface area contributed by atoms with E-state index in [1.807, 2.05) is 55.5 Å². The van der Waals surface area contributed by atoms with E-state index in [4.69, 9.17) is 0 Å². The number of hydrogen-bond donors (Lipinski definition) is 1. The molecule has 2 amide bonds. The molecule has 1 N–H and O–H groups in total. The Labute approximate surface area is 156 Å². The summed E-state index contributed by atoms with van der Waals surface area (Å²) in [5.74, 6) is -0.163. The number of nitrogens with zero attached hydrogens (tertiary/aromatic N) is 1. The van der Waals surface area contributed by atoms with Crippen LogP contribution in [0.5, 0.6) is 0 Å². The molecule has 0 atom stereocenters. The van der Waals surface area contributed by atoms with E-state index in [-0.39, 0.29) is 23.7 Å². The largest absolute Gasteiger partial charge is 0.326 e. The third kappa shape index (κ3) is 4.94. The molecule has 4 heteroatoms. The SMILES string of the molecule is CC(=O)N(CCC(=O)Nc1ccccc1C(C)(C)C)c1ccccc1C. The lowest BCUT2D eigenvalue weighted by Gasteiger charge is -2.24. The standard InChI is InChI=1S/C22H28N2O2/c1-16-10-6-9-13-20(16)24(17(2)25)15-14-21(26)23-19-12-8-7-11-18(19)22(3,4)5/h6-13H,14-15H2,1-5H3,(H,23,26). The zero-order valence-corrected chi connectivity index (χ0v) is 16.3. The molecule has 2 aromatic carbocycles. The monoisotopic (exact) mass is 352 g/mol. The van der Waals surface area contributed by atoms with Crippen LogP contribution < -0.4 is 10.2 Å². The first-order valence-electron chi connectivity index (χ1n) is 8.93. The molecule has 4 nitrogen and oxygen atoms in total. The average molecular weight is 352 g/mol. The highest BCUT2D eigenvalue weighted by Gasteiger charge is 2.19. The van der Waals surface area contributed by atoms with Crippen LogP contribution in [0.4, 0.5) is 11.4 Å². The Hall–Kier alpha value is -2.62. The molecular weight excluding hydrogens is 324 g/mol. The lowest BCUT2D eigenvalue weighted by molar-refractivity contribution is -0.117. The van der Waals surface area contributed by atoms with Gasteiger partial charge in [-0.05, 0) is 35.6 Å². The first-order chi connectivity index (χ1) is 12.2. The fourth-order valence-corrected chi connectivity index (χ4v) is 2.99. The van der Waals surface area contributed by atoms with Crippen LogP contribution in [0, 0.1) is 6.92 Å². The van der Waals surface area contributed by atoms with E-state index in [2.05, 4.69) is 26.1 Å². The molecule has 0 aliphatic heterocycles. The molecule has 2 rings (SSSR count). The number of amides is 2. The number of para-hydroxylation sites is 2. The normalized spacial score (nSPS) is 11.1. The van der Waals surface area contributed by atoms with Crippen LogP contribution in [0.25, 0.3) is 0 Å². The van der Waals surface area contributed by atoms with Gasteiger partial charge in [-0.3, -0.25) is 9.59 Å². The highest BCUT2D eigenvalue weighted by atomic mass is 16.2. The second kappa shape index (κ2) is 8.17. The summed E-state index contributed by atoms with van der Waals surface area (Å²) >= 11 is 0. The van der Waals surface area contributed by atoms with E-state index in [1.165, 1.54) is 6.92 Å². The smallest absolute Gasteiger partial charge is 0.226 e. The van der Waals surface area contributed by atoms with Crippen LogP contribution in [0.2, 0.25) is 0 Å². The maximum atomic E-state index is 12.5. The molecule has 26 heavy (non-hydrogen) atoms. The van der Waals surface area contributed by atoms with E-state index in [9.17, 15) is 9.59 Å². The Bertz CT molecular complexity index is 791. The predicted molar refractivity (Wildman–Crippen MR) is 108 cm³/mol. The Morgan fingerprint density at radius 2 is 1.62 bits per heavy atom. The van der Waals surface area contributed by atoms with Crippen molar-refractivity contribution in [3.63, 3.8) is 0 Å². The number of carbonyl (C=O) groups excluding carboxylic acids is 2. The van der Waals surface area contributed by atoms with Crippen LogP contribution in [-0.2, 0) is 15.0 Å². The van der Waals surface area contributed by atoms with E-state index < -0.39 is 0 Å². The lowest BCUT2D eigenvalue weighted by Crippen LogP contribution is -2.32. The summed E-state index contributed by atoms with van der Waals surface area (Å²) in [7, 11) is 0. The minimum Gasteiger partial charge on any atom is -0.326 e. The van der Waals surface area contributed by atoms with Crippen molar-refractivity contribution in [1.29, 1.82) is 0 Å². The van der Waals surface area contributed by atoms with Gasteiger partial charge in [0.15, 0.2) is 0 Å². The van der Waals surface area contributed by atoms with Crippen LogP contribution in [0.15, 0.2) is 48.5 Å². The summed E-state index contributed by atoms with van der Waals surface area (Å²) in [5, 5.41) is 3.00. The van der Waals surface area contributed by atoms with Crippen molar-refractivity contribution in [3.8, 4) is 0 Å². The first kappa shape index (κ1) is 19.7. The molecule has 0 saturated heterocycles. The van der Waals surface area contributed by atoms with Crippen molar-refractivity contribution in [2.24, 2.45) is 0 Å². The first-order valence-corrected chi connectivity index (χ1v) is 8.93. The molecule has 2 aromatic rings. The van der Waals surface area contributed by atoms with Gasteiger partial charge in [-0.1, -0.05) is 57.2 Å². The summed E-state index contributed by atoms with van der Waals surface area (Å²) in [4.78, 5) is 26.2. The molecule has 0 fully saturated rings. The number of rotatable bonds is 5. The number of anilines is 2. The fourth-order valence-electron chi connectivity index (χ4n) is 2.99. The van der Waals surface area contributed by atoms with Crippen molar-refractivity contribution >= 4 is 23.2 Å². The van der Waals surface area contributed by atoms with Gasteiger partial charge < -0.3 is 10.2 Å². The Morgan fingerprint density at radius 3 is 2.23 bits per heavy atom. The Balaban J connectivity index is 2.09. The maximum Gasteiger partial charge on any atom is 0.226 e. The van der Waals surface area contributed by atoms with E-state index >= 15 is 0 Å². The van der Waals surface area contributed by atoms with E-state index in [1.54, 1.807) is 4.90 Å². The van der Waals surface area contributed by atoms with Gasteiger partial charge in [0.1, 0.15) is 0 Å². The second-order valence-electron chi connectivity index (χ2n) is 7.55. The topological polar surface area (TPSA) is 49.4 Å². The Morgan fingerprint density at radius 1 is 1.00 bits per heavy atom. The van der Waals surface area contributed by atoms with Crippen molar-refractivity contribution in [3.05, 3.63) is 59.7 Å². The second-order valence-corrected chi connectivity index (χ2v) is 7.55. The number of benzene rings is 2. The fraction of sp³-hybridized carbons (Fsp3) is 0.364. The maximum absolute atomic E-state index is 12.5. The van der Waals surface area contributed by atoms with Crippen molar-refractivity contribution in [2.75, 3.05) is 16.8 Å². The van der Waals surface area contributed by atoms with Crippen LogP contribution >= 0.6 is 0 Å². The van der Waals surface area contributed by atoms with Crippen molar-refractivity contribution < 1.29 is 9.59 Å². The molecule has 0 unspecified atom stereocenters. The predicted octanol–water partition coefficient (Wildman–Crippen LogP) is 4.67. The number of aryl methyl sites for hydroxylation is 1. The quantitative estimate of drug-likeness (QED) is 0.850. The third-order valence-electron chi connectivity index (χ3n) is 4.36. The molecule has 0 aliphatic carbocycles. The molecule has 0 saturated carbocycles. The van der Waals surface area contributed by atoms with Gasteiger partial charge in [-0.2, -0.15) is 0 Å². The van der Waals surface area contributed by atoms with Gasteiger partial charge in [-0.15, -0.1) is 0 Å². The van der Waals surface area contributed by atoms with Gasteiger partial charge in [-0.25, -0.2) is 0 Å². The van der Waals surface area contributed by atoms with Gasteiger partial charge >= 0.3 is 0 Å². The number of carbonyl (C=O) groups is 2. The number of hydrogen-bond acceptors (Lipinski definition) is 2. The molecule has 0 bridgehead atoms. The molecule has 0 heterocycles. The average Bonchev–Trinajstić information content (AvgIpc) is 2.56. The summed E-state index contributed by atoms with van der Waals surface area (Å²) in [6.07, 6.45) is 0.242. The minimum atomic E-state index is -0.0958. The summed E-state index contributed by atoms with van der Waals surface area (Å²) < 4.78 is 0. The molecule has 0 spiro atoms.